The number of hydrogen-bond acceptors (Lipinski definition) is 5. The SMILES string of the molecule is CN(C)Cn1cnc2ccc(C(=O)N3CCN(C(=O)OC(C)(C)C)CC3)cc21. The van der Waals surface area contributed by atoms with Gasteiger partial charge in [0.2, 0.25) is 0 Å². The normalized spacial score (nSPS) is 15.4. The van der Waals surface area contributed by atoms with Crippen LogP contribution < -0.4 is 0 Å². The van der Waals surface area contributed by atoms with Gasteiger partial charge in [0.05, 0.1) is 24.0 Å². The van der Waals surface area contributed by atoms with E-state index in [1.807, 2.05) is 62.5 Å². The molecule has 152 valence electrons. The summed E-state index contributed by atoms with van der Waals surface area (Å²) in [5, 5.41) is 0. The standard InChI is InChI=1S/C20H29N5O3/c1-20(2,3)28-19(27)24-10-8-23(9-11-24)18(26)15-6-7-16-17(12-15)25(13-21-16)14-22(4)5/h6-7,12-13H,8-11,14H2,1-5H3. The van der Waals surface area contributed by atoms with Crippen LogP contribution in [-0.2, 0) is 11.4 Å². The van der Waals surface area contributed by atoms with Crippen molar-refractivity contribution in [2.24, 2.45) is 0 Å². The second-order valence-corrected chi connectivity index (χ2v) is 8.40. The van der Waals surface area contributed by atoms with Crippen LogP contribution in [0.4, 0.5) is 4.79 Å². The zero-order valence-electron chi connectivity index (χ0n) is 17.3. The predicted octanol–water partition coefficient (Wildman–Crippen LogP) is 2.25. The number of ether oxygens (including phenoxy) is 1. The summed E-state index contributed by atoms with van der Waals surface area (Å²) in [6.07, 6.45) is 1.46. The molecule has 8 heteroatoms. The molecule has 0 atom stereocenters. The van der Waals surface area contributed by atoms with Crippen LogP contribution in [0, 0.1) is 0 Å². The maximum absolute atomic E-state index is 13.0. The van der Waals surface area contributed by atoms with Crippen LogP contribution in [0.25, 0.3) is 11.0 Å². The summed E-state index contributed by atoms with van der Waals surface area (Å²) < 4.78 is 7.43. The number of aromatic nitrogens is 2. The highest BCUT2D eigenvalue weighted by Gasteiger charge is 2.28. The third-order valence-corrected chi connectivity index (χ3v) is 4.52. The maximum Gasteiger partial charge on any atom is 0.410 e. The van der Waals surface area contributed by atoms with E-state index in [2.05, 4.69) is 4.98 Å². The molecule has 0 aliphatic carbocycles. The lowest BCUT2D eigenvalue weighted by atomic mass is 10.1. The molecule has 0 bridgehead atoms. The predicted molar refractivity (Wildman–Crippen MR) is 107 cm³/mol. The summed E-state index contributed by atoms with van der Waals surface area (Å²) in [6.45, 7) is 8.18. The van der Waals surface area contributed by atoms with Gasteiger partial charge in [-0.25, -0.2) is 9.78 Å². The minimum absolute atomic E-state index is 0.0247. The molecule has 0 N–H and O–H groups in total. The lowest BCUT2D eigenvalue weighted by Gasteiger charge is -2.35. The minimum Gasteiger partial charge on any atom is -0.444 e. The number of carbonyl (C=O) groups excluding carboxylic acids is 2. The zero-order valence-corrected chi connectivity index (χ0v) is 17.3. The summed E-state index contributed by atoms with van der Waals surface area (Å²) in [6, 6.07) is 5.60. The monoisotopic (exact) mass is 387 g/mol. The average Bonchev–Trinajstić information content (AvgIpc) is 3.01. The molecule has 1 aliphatic rings. The van der Waals surface area contributed by atoms with Crippen molar-refractivity contribution in [1.82, 2.24) is 24.3 Å². The lowest BCUT2D eigenvalue weighted by molar-refractivity contribution is 0.0141. The van der Waals surface area contributed by atoms with Gasteiger partial charge in [0, 0.05) is 31.7 Å². The van der Waals surface area contributed by atoms with Crippen molar-refractivity contribution < 1.29 is 14.3 Å². The molecule has 1 fully saturated rings. The highest BCUT2D eigenvalue weighted by Crippen LogP contribution is 2.18. The third-order valence-electron chi connectivity index (χ3n) is 4.52. The zero-order chi connectivity index (χ0) is 20.5. The van der Waals surface area contributed by atoms with E-state index in [9.17, 15) is 9.59 Å². The van der Waals surface area contributed by atoms with Crippen LogP contribution in [0.2, 0.25) is 0 Å². The van der Waals surface area contributed by atoms with Gasteiger partial charge >= 0.3 is 6.09 Å². The van der Waals surface area contributed by atoms with Crippen molar-refractivity contribution in [3.05, 3.63) is 30.1 Å². The Morgan fingerprint density at radius 1 is 1.11 bits per heavy atom. The maximum atomic E-state index is 13.0. The van der Waals surface area contributed by atoms with E-state index >= 15 is 0 Å². The first-order valence-electron chi connectivity index (χ1n) is 9.51. The molecule has 8 nitrogen and oxygen atoms in total. The quantitative estimate of drug-likeness (QED) is 0.808. The number of imidazole rings is 1. The highest BCUT2D eigenvalue weighted by molar-refractivity contribution is 5.97. The molecule has 0 saturated carbocycles. The molecule has 2 amide bonds. The number of piperazine rings is 1. The third kappa shape index (κ3) is 4.62. The minimum atomic E-state index is -0.519. The molecule has 0 radical (unpaired) electrons. The fourth-order valence-corrected chi connectivity index (χ4v) is 3.21. The second kappa shape index (κ2) is 7.79. The smallest absolute Gasteiger partial charge is 0.410 e. The van der Waals surface area contributed by atoms with E-state index < -0.39 is 5.60 Å². The molecule has 28 heavy (non-hydrogen) atoms. The Kier molecular flexibility index (Phi) is 5.60. The Labute approximate surface area is 165 Å². The summed E-state index contributed by atoms with van der Waals surface area (Å²) in [4.78, 5) is 35.0. The van der Waals surface area contributed by atoms with Gasteiger partial charge in [0.1, 0.15) is 5.60 Å². The first kappa shape index (κ1) is 20.1. The summed E-state index contributed by atoms with van der Waals surface area (Å²) in [5.74, 6) is -0.0247. The van der Waals surface area contributed by atoms with Crippen LogP contribution in [0.1, 0.15) is 31.1 Å². The van der Waals surface area contributed by atoms with Crippen LogP contribution in [-0.4, -0.2) is 82.1 Å². The van der Waals surface area contributed by atoms with Crippen molar-refractivity contribution in [3.63, 3.8) is 0 Å². The molecule has 1 aliphatic heterocycles. The fourth-order valence-electron chi connectivity index (χ4n) is 3.21. The van der Waals surface area contributed by atoms with E-state index in [0.717, 1.165) is 11.0 Å². The summed E-state index contributed by atoms with van der Waals surface area (Å²) in [5.41, 5.74) is 1.92. The number of fused-ring (bicyclic) bond motifs is 1. The molecule has 2 aromatic rings. The van der Waals surface area contributed by atoms with E-state index in [4.69, 9.17) is 4.74 Å². The Morgan fingerprint density at radius 2 is 1.75 bits per heavy atom. The Balaban J connectivity index is 1.67. The van der Waals surface area contributed by atoms with Gasteiger partial charge in [-0.3, -0.25) is 9.69 Å². The summed E-state index contributed by atoms with van der Waals surface area (Å²) in [7, 11) is 3.98. The first-order valence-corrected chi connectivity index (χ1v) is 9.51. The largest absolute Gasteiger partial charge is 0.444 e. The molecule has 3 rings (SSSR count). The Hall–Kier alpha value is -2.61. The van der Waals surface area contributed by atoms with Crippen molar-refractivity contribution in [2.75, 3.05) is 40.3 Å². The van der Waals surface area contributed by atoms with E-state index in [1.165, 1.54) is 0 Å². The number of amides is 2. The summed E-state index contributed by atoms with van der Waals surface area (Å²) >= 11 is 0. The van der Waals surface area contributed by atoms with Gasteiger partial charge in [-0.15, -0.1) is 0 Å². The number of rotatable bonds is 3. The molecule has 0 spiro atoms. The van der Waals surface area contributed by atoms with Crippen molar-refractivity contribution in [1.29, 1.82) is 0 Å². The van der Waals surface area contributed by atoms with Crippen molar-refractivity contribution in [2.45, 2.75) is 33.0 Å². The van der Waals surface area contributed by atoms with Crippen molar-refractivity contribution >= 4 is 23.0 Å². The van der Waals surface area contributed by atoms with Crippen LogP contribution in [0.3, 0.4) is 0 Å². The second-order valence-electron chi connectivity index (χ2n) is 8.40. The van der Waals surface area contributed by atoms with E-state index in [0.29, 0.717) is 38.4 Å². The molecule has 2 heterocycles. The van der Waals surface area contributed by atoms with Crippen LogP contribution in [0.15, 0.2) is 24.5 Å². The van der Waals surface area contributed by atoms with Crippen molar-refractivity contribution in [3.8, 4) is 0 Å². The van der Waals surface area contributed by atoms with Gasteiger partial charge < -0.3 is 19.1 Å². The topological polar surface area (TPSA) is 70.9 Å². The first-order chi connectivity index (χ1) is 13.1. The van der Waals surface area contributed by atoms with Gasteiger partial charge in [-0.2, -0.15) is 0 Å². The lowest BCUT2D eigenvalue weighted by Crippen LogP contribution is -2.51. The molecular formula is C20H29N5O3. The Bertz CT molecular complexity index is 860. The number of benzene rings is 1. The molecular weight excluding hydrogens is 358 g/mol. The number of hydrogen-bond donors (Lipinski definition) is 0. The molecule has 1 aromatic heterocycles. The van der Waals surface area contributed by atoms with Gasteiger partial charge in [0.25, 0.3) is 5.91 Å². The number of nitrogens with zero attached hydrogens (tertiary/aromatic N) is 5. The molecule has 1 aromatic carbocycles. The van der Waals surface area contributed by atoms with Crippen LogP contribution >= 0.6 is 0 Å². The Morgan fingerprint density at radius 3 is 2.36 bits per heavy atom. The highest BCUT2D eigenvalue weighted by atomic mass is 16.6. The molecule has 0 unspecified atom stereocenters. The van der Waals surface area contributed by atoms with Gasteiger partial charge in [0.15, 0.2) is 0 Å². The van der Waals surface area contributed by atoms with E-state index in [-0.39, 0.29) is 12.0 Å². The number of carbonyl (C=O) groups is 2. The van der Waals surface area contributed by atoms with Gasteiger partial charge in [-0.1, -0.05) is 0 Å². The van der Waals surface area contributed by atoms with Gasteiger partial charge in [-0.05, 0) is 53.1 Å². The molecule has 1 saturated heterocycles. The average molecular weight is 387 g/mol. The van der Waals surface area contributed by atoms with Crippen LogP contribution in [0.5, 0.6) is 0 Å². The fraction of sp³-hybridized carbons (Fsp3) is 0.550. The van der Waals surface area contributed by atoms with E-state index in [1.54, 1.807) is 16.1 Å².